The SMILES string of the molecule is CCc1cnc(CNCc2ccc([N+](=O)[O-])o2)s1. The molecule has 0 aliphatic carbocycles. The van der Waals surface area contributed by atoms with Gasteiger partial charge in [-0.2, -0.15) is 0 Å². The van der Waals surface area contributed by atoms with Crippen molar-refractivity contribution in [2.45, 2.75) is 26.4 Å². The summed E-state index contributed by atoms with van der Waals surface area (Å²) in [6, 6.07) is 2.96. The summed E-state index contributed by atoms with van der Waals surface area (Å²) in [4.78, 5) is 15.4. The molecule has 2 heterocycles. The minimum absolute atomic E-state index is 0.227. The highest BCUT2D eigenvalue weighted by molar-refractivity contribution is 7.11. The van der Waals surface area contributed by atoms with Crippen molar-refractivity contribution in [3.8, 4) is 0 Å². The molecule has 0 spiro atoms. The Hall–Kier alpha value is -1.73. The third-order valence-electron chi connectivity index (χ3n) is 2.35. The fourth-order valence-electron chi connectivity index (χ4n) is 1.45. The largest absolute Gasteiger partial charge is 0.433 e. The highest BCUT2D eigenvalue weighted by Crippen LogP contribution is 2.16. The highest BCUT2D eigenvalue weighted by atomic mass is 32.1. The predicted octanol–water partition coefficient (Wildman–Crippen LogP) is 2.50. The Morgan fingerprint density at radius 1 is 1.50 bits per heavy atom. The van der Waals surface area contributed by atoms with Crippen molar-refractivity contribution in [2.24, 2.45) is 0 Å². The van der Waals surface area contributed by atoms with Gasteiger partial charge in [-0.25, -0.2) is 4.98 Å². The molecule has 2 rings (SSSR count). The summed E-state index contributed by atoms with van der Waals surface area (Å²) in [6.07, 6.45) is 2.86. The molecule has 0 atom stereocenters. The summed E-state index contributed by atoms with van der Waals surface area (Å²) in [7, 11) is 0. The van der Waals surface area contributed by atoms with Crippen molar-refractivity contribution in [1.29, 1.82) is 0 Å². The predicted molar refractivity (Wildman–Crippen MR) is 67.4 cm³/mol. The van der Waals surface area contributed by atoms with Crippen LogP contribution in [0.15, 0.2) is 22.7 Å². The Labute approximate surface area is 108 Å². The van der Waals surface area contributed by atoms with Crippen LogP contribution >= 0.6 is 11.3 Å². The Morgan fingerprint density at radius 2 is 2.33 bits per heavy atom. The molecule has 0 radical (unpaired) electrons. The normalized spacial score (nSPS) is 10.7. The summed E-state index contributed by atoms with van der Waals surface area (Å²) in [5.74, 6) is 0.322. The summed E-state index contributed by atoms with van der Waals surface area (Å²) < 4.78 is 5.03. The summed E-state index contributed by atoms with van der Waals surface area (Å²) in [6.45, 7) is 3.18. The molecule has 96 valence electrons. The lowest BCUT2D eigenvalue weighted by molar-refractivity contribution is -0.402. The van der Waals surface area contributed by atoms with Crippen molar-refractivity contribution in [3.63, 3.8) is 0 Å². The van der Waals surface area contributed by atoms with E-state index < -0.39 is 4.92 Å². The Bertz CT molecular complexity index is 535. The molecule has 0 amide bonds. The van der Waals surface area contributed by atoms with Gasteiger partial charge in [-0.15, -0.1) is 11.3 Å². The number of aryl methyl sites for hydroxylation is 1. The Kier molecular flexibility index (Phi) is 4.06. The maximum Gasteiger partial charge on any atom is 0.433 e. The number of hydrogen-bond acceptors (Lipinski definition) is 6. The number of furan rings is 1. The quantitative estimate of drug-likeness (QED) is 0.642. The van der Waals surface area contributed by atoms with Gasteiger partial charge in [0.25, 0.3) is 0 Å². The van der Waals surface area contributed by atoms with E-state index in [1.807, 2.05) is 6.20 Å². The Morgan fingerprint density at radius 3 is 2.94 bits per heavy atom. The average Bonchev–Trinajstić information content (AvgIpc) is 2.97. The van der Waals surface area contributed by atoms with Gasteiger partial charge < -0.3 is 9.73 Å². The number of thiazole rings is 1. The second kappa shape index (κ2) is 5.74. The van der Waals surface area contributed by atoms with Crippen LogP contribution in [0.2, 0.25) is 0 Å². The van der Waals surface area contributed by atoms with Crippen LogP contribution in [0.4, 0.5) is 5.88 Å². The van der Waals surface area contributed by atoms with Gasteiger partial charge in [0.1, 0.15) is 15.7 Å². The van der Waals surface area contributed by atoms with E-state index in [0.29, 0.717) is 18.8 Å². The lowest BCUT2D eigenvalue weighted by atomic mass is 10.4. The first-order valence-electron chi connectivity index (χ1n) is 5.56. The van der Waals surface area contributed by atoms with E-state index in [1.54, 1.807) is 17.4 Å². The van der Waals surface area contributed by atoms with E-state index in [4.69, 9.17) is 4.42 Å². The molecule has 2 aromatic rings. The van der Waals surface area contributed by atoms with E-state index in [-0.39, 0.29) is 5.88 Å². The van der Waals surface area contributed by atoms with Crippen molar-refractivity contribution in [2.75, 3.05) is 0 Å². The smallest absolute Gasteiger partial charge is 0.404 e. The Balaban J connectivity index is 1.82. The summed E-state index contributed by atoms with van der Waals surface area (Å²) in [5.41, 5.74) is 0. The van der Waals surface area contributed by atoms with Gasteiger partial charge in [0.2, 0.25) is 0 Å². The second-order valence-corrected chi connectivity index (χ2v) is 4.87. The van der Waals surface area contributed by atoms with Gasteiger partial charge in [-0.1, -0.05) is 6.92 Å². The fourth-order valence-corrected chi connectivity index (χ4v) is 2.28. The molecule has 18 heavy (non-hydrogen) atoms. The van der Waals surface area contributed by atoms with Gasteiger partial charge in [0.05, 0.1) is 12.6 Å². The molecule has 0 fully saturated rings. The number of nitro groups is 1. The van der Waals surface area contributed by atoms with Crippen LogP contribution in [-0.4, -0.2) is 9.91 Å². The molecule has 6 nitrogen and oxygen atoms in total. The van der Waals surface area contributed by atoms with E-state index in [1.165, 1.54) is 10.9 Å². The van der Waals surface area contributed by atoms with Crippen LogP contribution in [-0.2, 0) is 19.5 Å². The van der Waals surface area contributed by atoms with Gasteiger partial charge in [0.15, 0.2) is 0 Å². The van der Waals surface area contributed by atoms with Crippen molar-refractivity contribution >= 4 is 17.2 Å². The molecule has 7 heteroatoms. The minimum Gasteiger partial charge on any atom is -0.404 e. The van der Waals surface area contributed by atoms with Crippen molar-refractivity contribution in [3.05, 3.63) is 44.1 Å². The zero-order valence-electron chi connectivity index (χ0n) is 9.88. The molecule has 2 aromatic heterocycles. The van der Waals surface area contributed by atoms with E-state index >= 15 is 0 Å². The zero-order valence-corrected chi connectivity index (χ0v) is 10.7. The van der Waals surface area contributed by atoms with Crippen LogP contribution < -0.4 is 5.32 Å². The first-order chi connectivity index (χ1) is 8.69. The molecule has 0 saturated heterocycles. The summed E-state index contributed by atoms with van der Waals surface area (Å²) in [5, 5.41) is 14.6. The molecule has 0 aliphatic rings. The van der Waals surface area contributed by atoms with Crippen LogP contribution in [0.1, 0.15) is 22.6 Å². The zero-order chi connectivity index (χ0) is 13.0. The molecule has 1 N–H and O–H groups in total. The second-order valence-electron chi connectivity index (χ2n) is 3.67. The third-order valence-corrected chi connectivity index (χ3v) is 3.49. The molecule has 0 saturated carbocycles. The highest BCUT2D eigenvalue weighted by Gasteiger charge is 2.11. The van der Waals surface area contributed by atoms with Crippen LogP contribution in [0.5, 0.6) is 0 Å². The maximum atomic E-state index is 10.4. The van der Waals surface area contributed by atoms with Gasteiger partial charge >= 0.3 is 5.88 Å². The monoisotopic (exact) mass is 267 g/mol. The molecule has 0 aromatic carbocycles. The van der Waals surface area contributed by atoms with Gasteiger partial charge in [-0.3, -0.25) is 10.1 Å². The first kappa shape index (κ1) is 12.7. The molecular weight excluding hydrogens is 254 g/mol. The van der Waals surface area contributed by atoms with Crippen LogP contribution in [0, 0.1) is 10.1 Å². The molecular formula is C11H13N3O3S. The lowest BCUT2D eigenvalue weighted by Crippen LogP contribution is -2.11. The number of nitrogens with zero attached hydrogens (tertiary/aromatic N) is 2. The van der Waals surface area contributed by atoms with Crippen molar-refractivity contribution < 1.29 is 9.34 Å². The molecule has 0 unspecified atom stereocenters. The van der Waals surface area contributed by atoms with E-state index in [0.717, 1.165) is 11.4 Å². The average molecular weight is 267 g/mol. The molecule has 0 bridgehead atoms. The first-order valence-corrected chi connectivity index (χ1v) is 6.38. The van der Waals surface area contributed by atoms with E-state index in [9.17, 15) is 10.1 Å². The fraction of sp³-hybridized carbons (Fsp3) is 0.364. The summed E-state index contributed by atoms with van der Waals surface area (Å²) >= 11 is 1.67. The van der Waals surface area contributed by atoms with Gasteiger partial charge in [0, 0.05) is 17.6 Å². The minimum atomic E-state index is -0.544. The number of hydrogen-bond donors (Lipinski definition) is 1. The molecule has 0 aliphatic heterocycles. The number of rotatable bonds is 6. The third kappa shape index (κ3) is 3.14. The standard InChI is InChI=1S/C11H13N3O3S/c1-2-9-6-13-10(18-9)7-12-5-8-3-4-11(17-8)14(15)16/h3-4,6,12H,2,5,7H2,1H3. The lowest BCUT2D eigenvalue weighted by Gasteiger charge is -1.98. The maximum absolute atomic E-state index is 10.4. The van der Waals surface area contributed by atoms with E-state index in [2.05, 4.69) is 17.2 Å². The number of nitrogens with one attached hydrogen (secondary N) is 1. The number of aromatic nitrogens is 1. The van der Waals surface area contributed by atoms with Crippen LogP contribution in [0.25, 0.3) is 0 Å². The van der Waals surface area contributed by atoms with Crippen molar-refractivity contribution in [1.82, 2.24) is 10.3 Å². The van der Waals surface area contributed by atoms with Gasteiger partial charge in [-0.05, 0) is 12.5 Å². The topological polar surface area (TPSA) is 81.2 Å². The van der Waals surface area contributed by atoms with Crippen LogP contribution in [0.3, 0.4) is 0 Å².